The summed E-state index contributed by atoms with van der Waals surface area (Å²) in [4.78, 5) is 13.9. The summed E-state index contributed by atoms with van der Waals surface area (Å²) in [5.74, 6) is 0.989. The molecule has 17 heavy (non-hydrogen) atoms. The minimum absolute atomic E-state index is 0.115. The van der Waals surface area contributed by atoms with E-state index in [1.54, 1.807) is 0 Å². The Hall–Kier alpha value is -0.610. The second-order valence-electron chi connectivity index (χ2n) is 5.05. The Morgan fingerprint density at radius 1 is 1.29 bits per heavy atom. The molecule has 1 fully saturated rings. The van der Waals surface area contributed by atoms with Crippen molar-refractivity contribution in [3.63, 3.8) is 0 Å². The highest BCUT2D eigenvalue weighted by Crippen LogP contribution is 2.14. The van der Waals surface area contributed by atoms with Crippen molar-refractivity contribution in [1.29, 1.82) is 0 Å². The molecule has 1 aliphatic heterocycles. The van der Waals surface area contributed by atoms with Gasteiger partial charge in [-0.25, -0.2) is 0 Å². The summed E-state index contributed by atoms with van der Waals surface area (Å²) >= 11 is 0. The molecule has 0 spiro atoms. The van der Waals surface area contributed by atoms with Crippen molar-refractivity contribution in [2.45, 2.75) is 33.1 Å². The van der Waals surface area contributed by atoms with E-state index in [4.69, 9.17) is 0 Å². The van der Waals surface area contributed by atoms with Gasteiger partial charge in [-0.1, -0.05) is 13.8 Å². The van der Waals surface area contributed by atoms with Crippen LogP contribution < -0.4 is 10.6 Å². The molecule has 100 valence electrons. The van der Waals surface area contributed by atoms with Gasteiger partial charge in [0.05, 0.1) is 6.54 Å². The molecule has 2 N–H and O–H groups in total. The fourth-order valence-electron chi connectivity index (χ4n) is 2.08. The predicted octanol–water partition coefficient (Wildman–Crippen LogP) is 0.834. The summed E-state index contributed by atoms with van der Waals surface area (Å²) in [5, 5.41) is 6.06. The molecular weight excluding hydrogens is 214 g/mol. The van der Waals surface area contributed by atoms with Crippen LogP contribution in [0.2, 0.25) is 0 Å². The van der Waals surface area contributed by atoms with Gasteiger partial charge in [0.2, 0.25) is 5.91 Å². The number of hydrogen-bond donors (Lipinski definition) is 2. The smallest absolute Gasteiger partial charge is 0.234 e. The number of nitrogens with one attached hydrogen (secondary N) is 2. The largest absolute Gasteiger partial charge is 0.354 e. The topological polar surface area (TPSA) is 44.4 Å². The number of hydrogen-bond acceptors (Lipinski definition) is 3. The van der Waals surface area contributed by atoms with Crippen LogP contribution in [-0.4, -0.2) is 50.1 Å². The molecule has 1 aliphatic rings. The first-order valence-corrected chi connectivity index (χ1v) is 6.92. The Morgan fingerprint density at radius 2 is 2.00 bits per heavy atom. The second-order valence-corrected chi connectivity index (χ2v) is 5.05. The second kappa shape index (κ2) is 8.48. The minimum Gasteiger partial charge on any atom is -0.354 e. The van der Waals surface area contributed by atoms with Crippen molar-refractivity contribution in [3.8, 4) is 0 Å². The molecule has 4 heteroatoms. The first-order chi connectivity index (χ1) is 8.22. The van der Waals surface area contributed by atoms with Gasteiger partial charge < -0.3 is 15.5 Å². The van der Waals surface area contributed by atoms with Gasteiger partial charge in [-0.05, 0) is 44.8 Å². The van der Waals surface area contributed by atoms with E-state index in [-0.39, 0.29) is 5.91 Å². The lowest BCUT2D eigenvalue weighted by Crippen LogP contribution is -2.41. The van der Waals surface area contributed by atoms with Crippen LogP contribution in [-0.2, 0) is 4.79 Å². The molecule has 1 amide bonds. The zero-order valence-corrected chi connectivity index (χ0v) is 11.3. The molecule has 0 radical (unpaired) electrons. The fraction of sp³-hybridized carbons (Fsp3) is 0.923. The summed E-state index contributed by atoms with van der Waals surface area (Å²) in [6.45, 7) is 9.92. The first kappa shape index (κ1) is 14.5. The van der Waals surface area contributed by atoms with Crippen LogP contribution in [0.1, 0.15) is 33.1 Å². The molecule has 0 saturated carbocycles. The van der Waals surface area contributed by atoms with Crippen LogP contribution in [0.5, 0.6) is 0 Å². The third-order valence-corrected chi connectivity index (χ3v) is 3.34. The highest BCUT2D eigenvalue weighted by molar-refractivity contribution is 5.77. The maximum absolute atomic E-state index is 11.4. The number of carbonyl (C=O) groups excluding carboxylic acids is 1. The monoisotopic (exact) mass is 241 g/mol. The van der Waals surface area contributed by atoms with Gasteiger partial charge in [-0.15, -0.1) is 0 Å². The summed E-state index contributed by atoms with van der Waals surface area (Å²) in [6.07, 6.45) is 3.66. The van der Waals surface area contributed by atoms with Crippen LogP contribution in [0.3, 0.4) is 0 Å². The van der Waals surface area contributed by atoms with Crippen molar-refractivity contribution >= 4 is 5.91 Å². The third-order valence-electron chi connectivity index (χ3n) is 3.34. The summed E-state index contributed by atoms with van der Waals surface area (Å²) < 4.78 is 0. The van der Waals surface area contributed by atoms with Gasteiger partial charge in [0.25, 0.3) is 0 Å². The Kier molecular flexibility index (Phi) is 7.21. The molecule has 0 aliphatic carbocycles. The molecule has 1 heterocycles. The van der Waals surface area contributed by atoms with Crippen molar-refractivity contribution in [2.75, 3.05) is 39.3 Å². The molecule has 0 bridgehead atoms. The third kappa shape index (κ3) is 6.64. The van der Waals surface area contributed by atoms with Gasteiger partial charge in [0.1, 0.15) is 0 Å². The van der Waals surface area contributed by atoms with Crippen LogP contribution >= 0.6 is 0 Å². The van der Waals surface area contributed by atoms with Crippen LogP contribution in [0.15, 0.2) is 0 Å². The van der Waals surface area contributed by atoms with Gasteiger partial charge in [-0.3, -0.25) is 4.79 Å². The van der Waals surface area contributed by atoms with Crippen molar-refractivity contribution < 1.29 is 4.79 Å². The summed E-state index contributed by atoms with van der Waals surface area (Å²) in [5.41, 5.74) is 0. The molecule has 0 aromatic rings. The number of carbonyl (C=O) groups is 1. The maximum atomic E-state index is 11.4. The molecule has 1 saturated heterocycles. The molecule has 0 unspecified atom stereocenters. The van der Waals surface area contributed by atoms with Crippen molar-refractivity contribution in [1.82, 2.24) is 15.5 Å². The maximum Gasteiger partial charge on any atom is 0.234 e. The highest BCUT2D eigenvalue weighted by atomic mass is 16.1. The minimum atomic E-state index is 0.115. The van der Waals surface area contributed by atoms with Crippen LogP contribution in [0, 0.1) is 5.92 Å². The number of nitrogens with zero attached hydrogens (tertiary/aromatic N) is 1. The molecule has 0 atom stereocenters. The standard InChI is InChI=1S/C13H27N3O/c1-3-6-14-11-13(17)15-7-10-16-8-4-12(2)5-9-16/h12,14H,3-11H2,1-2H3,(H,15,17). The SMILES string of the molecule is CCCNCC(=O)NCCN1CCC(C)CC1. The normalized spacial score (nSPS) is 18.2. The molecule has 0 aromatic heterocycles. The lowest BCUT2D eigenvalue weighted by molar-refractivity contribution is -0.120. The van der Waals surface area contributed by atoms with E-state index in [2.05, 4.69) is 29.4 Å². The van der Waals surface area contributed by atoms with E-state index in [1.807, 2.05) is 0 Å². The molecular formula is C13H27N3O. The average Bonchev–Trinajstić information content (AvgIpc) is 2.32. The zero-order valence-electron chi connectivity index (χ0n) is 11.3. The van der Waals surface area contributed by atoms with Crippen molar-refractivity contribution in [2.24, 2.45) is 5.92 Å². The van der Waals surface area contributed by atoms with Crippen LogP contribution in [0.4, 0.5) is 0 Å². The van der Waals surface area contributed by atoms with E-state index in [0.717, 1.165) is 32.0 Å². The molecule has 0 aromatic carbocycles. The Balaban J connectivity index is 1.97. The number of rotatable bonds is 7. The average molecular weight is 241 g/mol. The lowest BCUT2D eigenvalue weighted by atomic mass is 9.99. The zero-order chi connectivity index (χ0) is 12.5. The van der Waals surface area contributed by atoms with Gasteiger partial charge in [-0.2, -0.15) is 0 Å². The van der Waals surface area contributed by atoms with Gasteiger partial charge in [0.15, 0.2) is 0 Å². The van der Waals surface area contributed by atoms with E-state index >= 15 is 0 Å². The van der Waals surface area contributed by atoms with Gasteiger partial charge >= 0.3 is 0 Å². The first-order valence-electron chi connectivity index (χ1n) is 6.92. The quantitative estimate of drug-likeness (QED) is 0.649. The number of likely N-dealkylation sites (tertiary alicyclic amines) is 1. The van der Waals surface area contributed by atoms with E-state index in [0.29, 0.717) is 6.54 Å². The van der Waals surface area contributed by atoms with E-state index in [1.165, 1.54) is 25.9 Å². The van der Waals surface area contributed by atoms with E-state index < -0.39 is 0 Å². The van der Waals surface area contributed by atoms with Gasteiger partial charge in [0, 0.05) is 13.1 Å². The van der Waals surface area contributed by atoms with E-state index in [9.17, 15) is 4.79 Å². The van der Waals surface area contributed by atoms with Crippen molar-refractivity contribution in [3.05, 3.63) is 0 Å². The fourth-order valence-corrected chi connectivity index (χ4v) is 2.08. The Bertz CT molecular complexity index is 213. The summed E-state index contributed by atoms with van der Waals surface area (Å²) in [7, 11) is 0. The molecule has 1 rings (SSSR count). The Labute approximate surface area is 105 Å². The molecule has 4 nitrogen and oxygen atoms in total. The summed E-state index contributed by atoms with van der Waals surface area (Å²) in [6, 6.07) is 0. The highest BCUT2D eigenvalue weighted by Gasteiger charge is 2.14. The number of piperidine rings is 1. The lowest BCUT2D eigenvalue weighted by Gasteiger charge is -2.30. The predicted molar refractivity (Wildman–Crippen MR) is 71.0 cm³/mol. The van der Waals surface area contributed by atoms with Crippen LogP contribution in [0.25, 0.3) is 0 Å². The Morgan fingerprint density at radius 3 is 2.65 bits per heavy atom. The number of amides is 1.